The summed E-state index contributed by atoms with van der Waals surface area (Å²) in [6.07, 6.45) is 4.89. The van der Waals surface area contributed by atoms with Gasteiger partial charge in [-0.05, 0) is 37.1 Å². The second kappa shape index (κ2) is 7.87. The van der Waals surface area contributed by atoms with E-state index in [0.29, 0.717) is 47.0 Å². The highest BCUT2D eigenvalue weighted by molar-refractivity contribution is 5.97. The number of pyridine rings is 2. The van der Waals surface area contributed by atoms with Crippen molar-refractivity contribution in [2.24, 2.45) is 12.8 Å². The van der Waals surface area contributed by atoms with Crippen LogP contribution in [0.2, 0.25) is 0 Å². The van der Waals surface area contributed by atoms with E-state index in [1.807, 2.05) is 6.07 Å². The van der Waals surface area contributed by atoms with Crippen molar-refractivity contribution in [2.75, 3.05) is 13.1 Å². The molecule has 0 aliphatic carbocycles. The predicted octanol–water partition coefficient (Wildman–Crippen LogP) is 3.20. The van der Waals surface area contributed by atoms with Gasteiger partial charge in [0.1, 0.15) is 11.2 Å². The number of amides is 1. The molecule has 0 saturated carbocycles. The minimum atomic E-state index is -2.93. The summed E-state index contributed by atoms with van der Waals surface area (Å²) in [5, 5.41) is 0.745. The van der Waals surface area contributed by atoms with Gasteiger partial charge in [0.05, 0.1) is 17.8 Å². The molecule has 1 atom stereocenters. The maximum absolute atomic E-state index is 14.0. The highest BCUT2D eigenvalue weighted by atomic mass is 19.3. The number of rotatable bonds is 4. The molecular weight excluding hydrogens is 428 g/mol. The van der Waals surface area contributed by atoms with E-state index in [2.05, 4.69) is 15.0 Å². The van der Waals surface area contributed by atoms with Gasteiger partial charge in [-0.15, -0.1) is 0 Å². The van der Waals surface area contributed by atoms with E-state index < -0.39 is 12.5 Å². The summed E-state index contributed by atoms with van der Waals surface area (Å²) in [6, 6.07) is 7.08. The molecule has 10 heteroatoms. The fraction of sp³-hybridized carbons (Fsp3) is 0.391. The minimum absolute atomic E-state index is 0.0203. The number of alkyl halides is 2. The first-order valence-corrected chi connectivity index (χ1v) is 10.9. The number of nitrogens with two attached hydrogens (primary N) is 1. The van der Waals surface area contributed by atoms with Crippen LogP contribution in [0.25, 0.3) is 33.7 Å². The molecule has 8 nitrogen and oxygen atoms in total. The van der Waals surface area contributed by atoms with E-state index in [0.717, 1.165) is 25.2 Å². The molecule has 1 aliphatic heterocycles. The van der Waals surface area contributed by atoms with Gasteiger partial charge >= 0.3 is 0 Å². The number of carbonyl (C=O) groups excluding carboxylic acids is 1. The van der Waals surface area contributed by atoms with E-state index in [-0.39, 0.29) is 11.9 Å². The van der Waals surface area contributed by atoms with Crippen molar-refractivity contribution in [3.05, 3.63) is 42.2 Å². The quantitative estimate of drug-likeness (QED) is 0.512. The maximum atomic E-state index is 14.0. The van der Waals surface area contributed by atoms with Crippen molar-refractivity contribution in [1.82, 2.24) is 29.0 Å². The maximum Gasteiger partial charge on any atom is 0.263 e. The van der Waals surface area contributed by atoms with Gasteiger partial charge < -0.3 is 19.8 Å². The third-order valence-corrected chi connectivity index (χ3v) is 6.02. The van der Waals surface area contributed by atoms with E-state index in [4.69, 9.17) is 5.73 Å². The second-order valence-corrected chi connectivity index (χ2v) is 8.82. The zero-order chi connectivity index (χ0) is 23.3. The van der Waals surface area contributed by atoms with Crippen LogP contribution in [0, 0.1) is 0 Å². The Morgan fingerprint density at radius 3 is 2.85 bits per heavy atom. The van der Waals surface area contributed by atoms with E-state index in [1.165, 1.54) is 10.8 Å². The number of hydrogen-bond donors (Lipinski definition) is 1. The van der Waals surface area contributed by atoms with Gasteiger partial charge in [0, 0.05) is 50.9 Å². The van der Waals surface area contributed by atoms with E-state index >= 15 is 0 Å². The highest BCUT2D eigenvalue weighted by Crippen LogP contribution is 2.31. The Balaban J connectivity index is 1.59. The van der Waals surface area contributed by atoms with Crippen LogP contribution in [0.5, 0.6) is 0 Å². The molecule has 172 valence electrons. The largest absolute Gasteiger partial charge is 0.337 e. The molecule has 1 amide bonds. The smallest absolute Gasteiger partial charge is 0.263 e. The first-order valence-electron chi connectivity index (χ1n) is 10.9. The first kappa shape index (κ1) is 21.4. The van der Waals surface area contributed by atoms with Crippen LogP contribution in [0.1, 0.15) is 30.1 Å². The number of aryl methyl sites for hydroxylation is 1. The zero-order valence-electron chi connectivity index (χ0n) is 18.5. The standard InChI is InChI=1S/C23H25F2N7O/c1-23(24,25)13-32-18(10-14-5-3-7-27-19(14)32)21-29-17-9-15(11-28-20(17)30(21)2)22(33)31-8-4-6-16(26)12-31/h3,5,7,9-11,16H,4,6,8,12-13,26H2,1-2H3/t16-/m1/s1. The Morgan fingerprint density at radius 2 is 2.09 bits per heavy atom. The van der Waals surface area contributed by atoms with Gasteiger partial charge in [-0.3, -0.25) is 4.79 Å². The van der Waals surface area contributed by atoms with Gasteiger partial charge in [-0.2, -0.15) is 0 Å². The van der Waals surface area contributed by atoms with Gasteiger partial charge in [0.25, 0.3) is 11.8 Å². The minimum Gasteiger partial charge on any atom is -0.337 e. The molecule has 0 aromatic carbocycles. The fourth-order valence-electron chi connectivity index (χ4n) is 4.51. The summed E-state index contributed by atoms with van der Waals surface area (Å²) in [7, 11) is 1.78. The van der Waals surface area contributed by atoms with Crippen LogP contribution in [0.3, 0.4) is 0 Å². The highest BCUT2D eigenvalue weighted by Gasteiger charge is 2.28. The summed E-state index contributed by atoms with van der Waals surface area (Å²) in [6.45, 7) is 1.53. The number of nitrogens with zero attached hydrogens (tertiary/aromatic N) is 6. The lowest BCUT2D eigenvalue weighted by molar-refractivity contribution is 0.00531. The molecule has 4 aromatic heterocycles. The third kappa shape index (κ3) is 3.95. The molecule has 2 N–H and O–H groups in total. The zero-order valence-corrected chi connectivity index (χ0v) is 18.5. The molecule has 4 aromatic rings. The van der Waals surface area contributed by atoms with Crippen molar-refractivity contribution in [2.45, 2.75) is 38.3 Å². The summed E-state index contributed by atoms with van der Waals surface area (Å²) in [4.78, 5) is 28.2. The number of fused-ring (bicyclic) bond motifs is 2. The normalized spacial score (nSPS) is 17.2. The van der Waals surface area contributed by atoms with Crippen molar-refractivity contribution in [3.63, 3.8) is 0 Å². The van der Waals surface area contributed by atoms with Gasteiger partial charge in [-0.25, -0.2) is 23.7 Å². The van der Waals surface area contributed by atoms with Crippen molar-refractivity contribution < 1.29 is 13.6 Å². The summed E-state index contributed by atoms with van der Waals surface area (Å²) >= 11 is 0. The molecular formula is C23H25F2N7O. The number of likely N-dealkylation sites (tertiary alicyclic amines) is 1. The number of aromatic nitrogens is 5. The van der Waals surface area contributed by atoms with Crippen molar-refractivity contribution in [1.29, 1.82) is 0 Å². The number of hydrogen-bond acceptors (Lipinski definition) is 5. The number of halogens is 2. The molecule has 0 unspecified atom stereocenters. The lowest BCUT2D eigenvalue weighted by Crippen LogP contribution is -2.45. The summed E-state index contributed by atoms with van der Waals surface area (Å²) < 4.78 is 31.3. The molecule has 1 saturated heterocycles. The monoisotopic (exact) mass is 453 g/mol. The molecule has 0 radical (unpaired) electrons. The average molecular weight is 453 g/mol. The van der Waals surface area contributed by atoms with Crippen molar-refractivity contribution >= 4 is 28.1 Å². The van der Waals surface area contributed by atoms with Crippen molar-refractivity contribution in [3.8, 4) is 11.5 Å². The molecule has 5 rings (SSSR count). The molecule has 33 heavy (non-hydrogen) atoms. The number of carbonyl (C=O) groups is 1. The Bertz CT molecular complexity index is 1350. The topological polar surface area (TPSA) is 94.9 Å². The second-order valence-electron chi connectivity index (χ2n) is 8.82. The molecule has 1 aliphatic rings. The SMILES string of the molecule is Cn1c(-c2cc3cccnc3n2CC(C)(F)F)nc2cc(C(=O)N3CCC[C@@H](N)C3)cnc21. The summed E-state index contributed by atoms with van der Waals surface area (Å²) in [5.41, 5.74) is 8.52. The van der Waals surface area contributed by atoms with Crippen LogP contribution in [-0.2, 0) is 13.6 Å². The molecule has 5 heterocycles. The van der Waals surface area contributed by atoms with Crippen LogP contribution in [0.4, 0.5) is 8.78 Å². The van der Waals surface area contributed by atoms with E-state index in [9.17, 15) is 13.6 Å². The predicted molar refractivity (Wildman–Crippen MR) is 121 cm³/mol. The summed E-state index contributed by atoms with van der Waals surface area (Å²) in [5.74, 6) is -2.59. The average Bonchev–Trinajstić information content (AvgIpc) is 3.29. The third-order valence-electron chi connectivity index (χ3n) is 6.02. The van der Waals surface area contributed by atoms with Crippen LogP contribution < -0.4 is 5.73 Å². The fourth-order valence-corrected chi connectivity index (χ4v) is 4.51. The van der Waals surface area contributed by atoms with Gasteiger partial charge in [0.15, 0.2) is 11.5 Å². The van der Waals surface area contributed by atoms with Crippen LogP contribution >= 0.6 is 0 Å². The van der Waals surface area contributed by atoms with E-state index in [1.54, 1.807) is 40.9 Å². The first-order chi connectivity index (χ1) is 15.7. The molecule has 0 bridgehead atoms. The molecule has 0 spiro atoms. The Labute approximate surface area is 189 Å². The van der Waals surface area contributed by atoms with Gasteiger partial charge in [-0.1, -0.05) is 0 Å². The van der Waals surface area contributed by atoms with Crippen LogP contribution in [0.15, 0.2) is 36.7 Å². The number of piperidine rings is 1. The Morgan fingerprint density at radius 1 is 1.27 bits per heavy atom. The Hall–Kier alpha value is -3.40. The molecule has 1 fully saturated rings. The lowest BCUT2D eigenvalue weighted by Gasteiger charge is -2.30. The van der Waals surface area contributed by atoms with Crippen LogP contribution in [-0.4, -0.2) is 59.9 Å². The Kier molecular flexibility index (Phi) is 5.12. The lowest BCUT2D eigenvalue weighted by atomic mass is 10.1. The van der Waals surface area contributed by atoms with Gasteiger partial charge in [0.2, 0.25) is 0 Å². The number of imidazole rings is 1.